The van der Waals surface area contributed by atoms with Crippen molar-refractivity contribution in [1.82, 2.24) is 15.5 Å². The minimum Gasteiger partial charge on any atom is -0.378 e. The Kier molecular flexibility index (Phi) is 6.52. The van der Waals surface area contributed by atoms with E-state index < -0.39 is 0 Å². The highest BCUT2D eigenvalue weighted by atomic mass is 35.5. The molecule has 1 atom stereocenters. The van der Waals surface area contributed by atoms with E-state index in [9.17, 15) is 4.79 Å². The molecule has 0 saturated carbocycles. The smallest absolute Gasteiger partial charge is 0.230 e. The third-order valence-electron chi connectivity index (χ3n) is 3.75. The standard InChI is InChI=1S/C16H19ClN4O2S2/c1-11(12-2-4-13(17)5-3-12)18-14(22)10-24-16-20-19-15(25-16)21-6-8-23-9-7-21/h2-5,11H,6-10H2,1H3,(H,18,22). The van der Waals surface area contributed by atoms with Gasteiger partial charge in [-0.3, -0.25) is 4.79 Å². The Balaban J connectivity index is 1.47. The van der Waals surface area contributed by atoms with Crippen molar-refractivity contribution in [3.63, 3.8) is 0 Å². The maximum atomic E-state index is 12.1. The molecule has 3 rings (SSSR count). The van der Waals surface area contributed by atoms with E-state index in [-0.39, 0.29) is 11.9 Å². The molecule has 1 fully saturated rings. The second-order valence-electron chi connectivity index (χ2n) is 5.58. The van der Waals surface area contributed by atoms with Crippen LogP contribution in [0.25, 0.3) is 0 Å². The van der Waals surface area contributed by atoms with Gasteiger partial charge in [-0.05, 0) is 24.6 Å². The third kappa shape index (κ3) is 5.31. The molecule has 0 radical (unpaired) electrons. The topological polar surface area (TPSA) is 67.4 Å². The van der Waals surface area contributed by atoms with Gasteiger partial charge in [-0.25, -0.2) is 0 Å². The van der Waals surface area contributed by atoms with Crippen molar-refractivity contribution < 1.29 is 9.53 Å². The van der Waals surface area contributed by atoms with E-state index in [2.05, 4.69) is 20.4 Å². The summed E-state index contributed by atoms with van der Waals surface area (Å²) in [6.45, 7) is 5.05. The van der Waals surface area contributed by atoms with Gasteiger partial charge in [-0.2, -0.15) is 0 Å². The number of carbonyl (C=O) groups excluding carboxylic acids is 1. The van der Waals surface area contributed by atoms with Crippen LogP contribution in [0.4, 0.5) is 5.13 Å². The minimum atomic E-state index is -0.0660. The number of ether oxygens (including phenoxy) is 1. The second-order valence-corrected chi connectivity index (χ2v) is 8.19. The Morgan fingerprint density at radius 1 is 1.36 bits per heavy atom. The number of nitrogens with one attached hydrogen (secondary N) is 1. The van der Waals surface area contributed by atoms with Gasteiger partial charge in [0.2, 0.25) is 11.0 Å². The zero-order chi connectivity index (χ0) is 17.6. The minimum absolute atomic E-state index is 0.0319. The van der Waals surface area contributed by atoms with Crippen molar-refractivity contribution in [2.45, 2.75) is 17.3 Å². The number of rotatable bonds is 6. The van der Waals surface area contributed by atoms with Crippen LogP contribution in [-0.2, 0) is 9.53 Å². The van der Waals surface area contributed by atoms with Gasteiger partial charge in [0.1, 0.15) is 0 Å². The van der Waals surface area contributed by atoms with E-state index in [0.717, 1.165) is 28.1 Å². The Labute approximate surface area is 159 Å². The fraction of sp³-hybridized carbons (Fsp3) is 0.438. The summed E-state index contributed by atoms with van der Waals surface area (Å²) in [6, 6.07) is 7.41. The molecule has 1 aliphatic rings. The van der Waals surface area contributed by atoms with E-state index in [0.29, 0.717) is 24.0 Å². The highest BCUT2D eigenvalue weighted by Gasteiger charge is 2.17. The zero-order valence-corrected chi connectivity index (χ0v) is 16.2. The van der Waals surface area contributed by atoms with Crippen LogP contribution in [0.15, 0.2) is 28.6 Å². The van der Waals surface area contributed by atoms with Crippen molar-refractivity contribution in [3.8, 4) is 0 Å². The van der Waals surface area contributed by atoms with E-state index in [1.807, 2.05) is 31.2 Å². The van der Waals surface area contributed by atoms with Gasteiger partial charge in [-0.1, -0.05) is 46.8 Å². The lowest BCUT2D eigenvalue weighted by atomic mass is 10.1. The molecule has 134 valence electrons. The summed E-state index contributed by atoms with van der Waals surface area (Å²) >= 11 is 8.81. The lowest BCUT2D eigenvalue weighted by Crippen LogP contribution is -2.36. The first-order valence-electron chi connectivity index (χ1n) is 7.95. The number of thioether (sulfide) groups is 1. The number of morpholine rings is 1. The number of benzene rings is 1. The highest BCUT2D eigenvalue weighted by Crippen LogP contribution is 2.28. The molecular formula is C16H19ClN4O2S2. The van der Waals surface area contributed by atoms with Crippen LogP contribution in [0.1, 0.15) is 18.5 Å². The number of hydrogen-bond acceptors (Lipinski definition) is 7. The van der Waals surface area contributed by atoms with Crippen LogP contribution in [0.2, 0.25) is 5.02 Å². The molecule has 0 bridgehead atoms. The lowest BCUT2D eigenvalue weighted by Gasteiger charge is -2.25. The zero-order valence-electron chi connectivity index (χ0n) is 13.8. The van der Waals surface area contributed by atoms with Crippen LogP contribution in [-0.4, -0.2) is 48.2 Å². The van der Waals surface area contributed by atoms with Gasteiger partial charge in [0.05, 0.1) is 25.0 Å². The Morgan fingerprint density at radius 2 is 2.08 bits per heavy atom. The molecular weight excluding hydrogens is 380 g/mol. The Bertz CT molecular complexity index is 704. The molecule has 1 N–H and O–H groups in total. The molecule has 1 aromatic heterocycles. The van der Waals surface area contributed by atoms with Gasteiger partial charge >= 0.3 is 0 Å². The SMILES string of the molecule is CC(NC(=O)CSc1nnc(N2CCOCC2)s1)c1ccc(Cl)cc1. The molecule has 0 spiro atoms. The van der Waals surface area contributed by atoms with Crippen LogP contribution < -0.4 is 10.2 Å². The van der Waals surface area contributed by atoms with Crippen LogP contribution in [0.3, 0.4) is 0 Å². The summed E-state index contributed by atoms with van der Waals surface area (Å²) in [5.41, 5.74) is 1.02. The summed E-state index contributed by atoms with van der Waals surface area (Å²) in [5.74, 6) is 0.283. The van der Waals surface area contributed by atoms with Gasteiger partial charge in [0.25, 0.3) is 0 Å². The summed E-state index contributed by atoms with van der Waals surface area (Å²) < 4.78 is 6.14. The number of halogens is 1. The first-order valence-corrected chi connectivity index (χ1v) is 10.1. The molecule has 1 unspecified atom stereocenters. The van der Waals surface area contributed by atoms with Gasteiger partial charge < -0.3 is 15.0 Å². The number of nitrogens with zero attached hydrogens (tertiary/aromatic N) is 3. The van der Waals surface area contributed by atoms with Gasteiger partial charge in [0.15, 0.2) is 4.34 Å². The molecule has 1 aromatic carbocycles. The molecule has 25 heavy (non-hydrogen) atoms. The van der Waals surface area contributed by atoms with E-state index >= 15 is 0 Å². The monoisotopic (exact) mass is 398 g/mol. The average molecular weight is 399 g/mol. The molecule has 1 amide bonds. The number of carbonyl (C=O) groups is 1. The Morgan fingerprint density at radius 3 is 2.80 bits per heavy atom. The molecule has 2 aromatic rings. The largest absolute Gasteiger partial charge is 0.378 e. The number of amides is 1. The molecule has 2 heterocycles. The summed E-state index contributed by atoms with van der Waals surface area (Å²) in [5, 5.41) is 12.9. The van der Waals surface area contributed by atoms with Gasteiger partial charge in [0, 0.05) is 18.1 Å². The molecule has 1 aliphatic heterocycles. The van der Waals surface area contributed by atoms with Crippen molar-refractivity contribution in [2.24, 2.45) is 0 Å². The first kappa shape index (κ1) is 18.4. The van der Waals surface area contributed by atoms with E-state index in [4.69, 9.17) is 16.3 Å². The Hall–Kier alpha value is -1.35. The van der Waals surface area contributed by atoms with Crippen LogP contribution in [0, 0.1) is 0 Å². The maximum Gasteiger partial charge on any atom is 0.230 e. The molecule has 0 aliphatic carbocycles. The fourth-order valence-electron chi connectivity index (χ4n) is 2.39. The summed E-state index contributed by atoms with van der Waals surface area (Å²) in [6.07, 6.45) is 0. The average Bonchev–Trinajstić information content (AvgIpc) is 3.10. The predicted molar refractivity (Wildman–Crippen MR) is 102 cm³/mol. The molecule has 6 nitrogen and oxygen atoms in total. The number of aromatic nitrogens is 2. The quantitative estimate of drug-likeness (QED) is 0.754. The number of anilines is 1. The van der Waals surface area contributed by atoms with E-state index in [1.54, 1.807) is 0 Å². The molecule has 1 saturated heterocycles. The van der Waals surface area contributed by atoms with E-state index in [1.165, 1.54) is 23.1 Å². The second kappa shape index (κ2) is 8.84. The lowest BCUT2D eigenvalue weighted by molar-refractivity contribution is -0.119. The predicted octanol–water partition coefficient (Wildman–Crippen LogP) is 3.00. The third-order valence-corrected chi connectivity index (χ3v) is 6.12. The van der Waals surface area contributed by atoms with Crippen molar-refractivity contribution in [3.05, 3.63) is 34.9 Å². The first-order chi connectivity index (χ1) is 12.1. The number of hydrogen-bond donors (Lipinski definition) is 1. The molecule has 9 heteroatoms. The summed E-state index contributed by atoms with van der Waals surface area (Å²) in [4.78, 5) is 14.3. The highest BCUT2D eigenvalue weighted by molar-refractivity contribution is 8.01. The van der Waals surface area contributed by atoms with Crippen LogP contribution >= 0.6 is 34.7 Å². The summed E-state index contributed by atoms with van der Waals surface area (Å²) in [7, 11) is 0. The van der Waals surface area contributed by atoms with Crippen molar-refractivity contribution >= 4 is 45.7 Å². The van der Waals surface area contributed by atoms with Crippen molar-refractivity contribution in [2.75, 3.05) is 37.0 Å². The van der Waals surface area contributed by atoms with Crippen LogP contribution in [0.5, 0.6) is 0 Å². The maximum absolute atomic E-state index is 12.1. The fourth-order valence-corrected chi connectivity index (χ4v) is 4.22. The normalized spacial score (nSPS) is 15.8. The van der Waals surface area contributed by atoms with Crippen molar-refractivity contribution in [1.29, 1.82) is 0 Å². The van der Waals surface area contributed by atoms with Gasteiger partial charge in [-0.15, -0.1) is 10.2 Å².